The minimum atomic E-state index is -0.779. The van der Waals surface area contributed by atoms with Crippen LogP contribution in [-0.2, 0) is 19.1 Å². The van der Waals surface area contributed by atoms with Crippen molar-refractivity contribution in [1.82, 2.24) is 0 Å². The third-order valence-electron chi connectivity index (χ3n) is 7.64. The molecule has 0 rings (SSSR count). The number of aliphatic hydroxyl groups is 1. The van der Waals surface area contributed by atoms with Crippen LogP contribution in [0.2, 0.25) is 0 Å². The number of allylic oxidation sites excluding steroid dienone is 6. The van der Waals surface area contributed by atoms with E-state index >= 15 is 0 Å². The van der Waals surface area contributed by atoms with Gasteiger partial charge in [0.05, 0.1) is 6.61 Å². The van der Waals surface area contributed by atoms with Crippen molar-refractivity contribution in [2.45, 2.75) is 180 Å². The Morgan fingerprint density at radius 2 is 0.977 bits per heavy atom. The lowest BCUT2D eigenvalue weighted by atomic mass is 10.1. The van der Waals surface area contributed by atoms with Crippen molar-refractivity contribution in [2.24, 2.45) is 0 Å². The van der Waals surface area contributed by atoms with Gasteiger partial charge in [-0.25, -0.2) is 0 Å². The molecule has 0 aliphatic heterocycles. The number of aliphatic hydroxyl groups excluding tert-OH is 1. The van der Waals surface area contributed by atoms with Gasteiger partial charge in [-0.15, -0.1) is 0 Å². The Morgan fingerprint density at radius 3 is 1.49 bits per heavy atom. The van der Waals surface area contributed by atoms with Crippen LogP contribution >= 0.6 is 0 Å². The molecule has 0 aliphatic carbocycles. The van der Waals surface area contributed by atoms with E-state index in [0.717, 1.165) is 70.6 Å². The van der Waals surface area contributed by atoms with Crippen LogP contribution in [0.1, 0.15) is 174 Å². The summed E-state index contributed by atoms with van der Waals surface area (Å²) in [6, 6.07) is 0. The summed E-state index contributed by atoms with van der Waals surface area (Å²) >= 11 is 0. The number of carbonyl (C=O) groups is 2. The fourth-order valence-electron chi connectivity index (χ4n) is 4.88. The first-order chi connectivity index (χ1) is 21.1. The molecular weight excluding hydrogens is 536 g/mol. The molecule has 0 amide bonds. The Kier molecular flexibility index (Phi) is 33.1. The van der Waals surface area contributed by atoms with Gasteiger partial charge in [0.25, 0.3) is 0 Å². The maximum Gasteiger partial charge on any atom is 0.306 e. The molecule has 0 saturated carbocycles. The van der Waals surface area contributed by atoms with Crippen LogP contribution in [0, 0.1) is 0 Å². The minimum absolute atomic E-state index is 0.0752. The highest BCUT2D eigenvalue weighted by atomic mass is 16.6. The molecule has 0 heterocycles. The third-order valence-corrected chi connectivity index (χ3v) is 7.64. The normalized spacial score (nSPS) is 12.5. The largest absolute Gasteiger partial charge is 0.462 e. The molecule has 0 aliphatic rings. The molecule has 0 bridgehead atoms. The summed E-state index contributed by atoms with van der Waals surface area (Å²) in [6.45, 7) is 4.04. The molecule has 250 valence electrons. The summed E-state index contributed by atoms with van der Waals surface area (Å²) in [5.74, 6) is -0.618. The molecule has 0 aromatic rings. The van der Waals surface area contributed by atoms with E-state index in [1.54, 1.807) is 0 Å². The molecule has 5 nitrogen and oxygen atoms in total. The quantitative estimate of drug-likeness (QED) is 0.0470. The van der Waals surface area contributed by atoms with E-state index in [1.165, 1.54) is 77.0 Å². The molecule has 5 heteroatoms. The third kappa shape index (κ3) is 32.9. The zero-order chi connectivity index (χ0) is 31.5. The minimum Gasteiger partial charge on any atom is -0.462 e. The number of rotatable bonds is 32. The Hall–Kier alpha value is -1.88. The van der Waals surface area contributed by atoms with Crippen LogP contribution in [0.4, 0.5) is 0 Å². The van der Waals surface area contributed by atoms with Gasteiger partial charge in [0.2, 0.25) is 0 Å². The van der Waals surface area contributed by atoms with Crippen LogP contribution in [0.25, 0.3) is 0 Å². The highest BCUT2D eigenvalue weighted by molar-refractivity contribution is 5.70. The Labute approximate surface area is 266 Å². The van der Waals surface area contributed by atoms with E-state index in [-0.39, 0.29) is 25.2 Å². The summed E-state index contributed by atoms with van der Waals surface area (Å²) in [4.78, 5) is 24.1. The van der Waals surface area contributed by atoms with E-state index in [1.807, 2.05) is 0 Å². The molecule has 0 aromatic heterocycles. The fourth-order valence-corrected chi connectivity index (χ4v) is 4.88. The predicted octanol–water partition coefficient (Wildman–Crippen LogP) is 10.9. The van der Waals surface area contributed by atoms with Gasteiger partial charge >= 0.3 is 11.9 Å². The van der Waals surface area contributed by atoms with Gasteiger partial charge in [-0.3, -0.25) is 9.59 Å². The molecule has 0 aromatic carbocycles. The lowest BCUT2D eigenvalue weighted by Crippen LogP contribution is -2.28. The monoisotopic (exact) mass is 605 g/mol. The molecule has 0 fully saturated rings. The second kappa shape index (κ2) is 34.6. The summed E-state index contributed by atoms with van der Waals surface area (Å²) in [7, 11) is 0. The van der Waals surface area contributed by atoms with Crippen molar-refractivity contribution in [1.29, 1.82) is 0 Å². The van der Waals surface area contributed by atoms with Crippen molar-refractivity contribution in [3.63, 3.8) is 0 Å². The standard InChI is InChI=1S/C38H68O5/c1-3-5-7-9-11-13-15-17-18-19-21-22-24-26-28-30-32-37(40)42-35-36(34-39)43-38(41)33-31-29-27-25-23-20-16-14-12-10-8-6-4-2/h8,10,14,16,18-19,36,39H,3-7,9,11-13,15,17,20-35H2,1-2H3/b10-8-,16-14-,19-18-. The Balaban J connectivity index is 3.60. The van der Waals surface area contributed by atoms with Gasteiger partial charge in [0, 0.05) is 12.8 Å². The first kappa shape index (κ1) is 41.1. The molecule has 1 N–H and O–H groups in total. The van der Waals surface area contributed by atoms with Gasteiger partial charge in [-0.1, -0.05) is 134 Å². The van der Waals surface area contributed by atoms with E-state index in [0.29, 0.717) is 12.8 Å². The number of carbonyl (C=O) groups excluding carboxylic acids is 2. The molecule has 1 atom stereocenters. The lowest BCUT2D eigenvalue weighted by Gasteiger charge is -2.15. The van der Waals surface area contributed by atoms with E-state index in [4.69, 9.17) is 9.47 Å². The van der Waals surface area contributed by atoms with Crippen LogP contribution in [0.15, 0.2) is 36.5 Å². The number of esters is 2. The maximum absolute atomic E-state index is 12.1. The van der Waals surface area contributed by atoms with Crippen LogP contribution < -0.4 is 0 Å². The summed E-state index contributed by atoms with van der Waals surface area (Å²) < 4.78 is 10.6. The second-order valence-electron chi connectivity index (χ2n) is 11.9. The highest BCUT2D eigenvalue weighted by Gasteiger charge is 2.16. The molecule has 0 radical (unpaired) electrons. The van der Waals surface area contributed by atoms with E-state index < -0.39 is 6.10 Å². The number of hydrogen-bond acceptors (Lipinski definition) is 5. The van der Waals surface area contributed by atoms with E-state index in [9.17, 15) is 14.7 Å². The Morgan fingerprint density at radius 1 is 0.535 bits per heavy atom. The van der Waals surface area contributed by atoms with Crippen molar-refractivity contribution < 1.29 is 24.2 Å². The zero-order valence-electron chi connectivity index (χ0n) is 28.2. The summed E-state index contributed by atoms with van der Waals surface area (Å²) in [6.07, 6.45) is 40.5. The fraction of sp³-hybridized carbons (Fsp3) is 0.789. The first-order valence-corrected chi connectivity index (χ1v) is 18.0. The zero-order valence-corrected chi connectivity index (χ0v) is 28.2. The average molecular weight is 605 g/mol. The first-order valence-electron chi connectivity index (χ1n) is 18.0. The van der Waals surface area contributed by atoms with Gasteiger partial charge in [-0.05, 0) is 64.2 Å². The molecule has 43 heavy (non-hydrogen) atoms. The maximum atomic E-state index is 12.1. The van der Waals surface area contributed by atoms with Crippen molar-refractivity contribution in [3.8, 4) is 0 Å². The van der Waals surface area contributed by atoms with Crippen molar-refractivity contribution in [2.75, 3.05) is 13.2 Å². The molecule has 0 spiro atoms. The van der Waals surface area contributed by atoms with Crippen LogP contribution in [0.3, 0.4) is 0 Å². The number of unbranched alkanes of at least 4 members (excludes halogenated alkanes) is 18. The van der Waals surface area contributed by atoms with E-state index in [2.05, 4.69) is 50.3 Å². The predicted molar refractivity (Wildman–Crippen MR) is 182 cm³/mol. The van der Waals surface area contributed by atoms with Gasteiger partial charge < -0.3 is 14.6 Å². The van der Waals surface area contributed by atoms with Crippen molar-refractivity contribution in [3.05, 3.63) is 36.5 Å². The topological polar surface area (TPSA) is 72.8 Å². The SMILES string of the molecule is CCC/C=C\C/C=C\CCCCCCCC(=O)OC(CO)COC(=O)CCCCCCC/C=C\CCCCCCCCC. The summed E-state index contributed by atoms with van der Waals surface area (Å²) in [5.41, 5.74) is 0. The Bertz CT molecular complexity index is 696. The van der Waals surface area contributed by atoms with Crippen LogP contribution in [-0.4, -0.2) is 36.4 Å². The molecule has 0 saturated heterocycles. The van der Waals surface area contributed by atoms with Crippen LogP contribution in [0.5, 0.6) is 0 Å². The average Bonchev–Trinajstić information content (AvgIpc) is 3.01. The van der Waals surface area contributed by atoms with Gasteiger partial charge in [-0.2, -0.15) is 0 Å². The van der Waals surface area contributed by atoms with Gasteiger partial charge in [0.15, 0.2) is 6.10 Å². The molecular formula is C38H68O5. The summed E-state index contributed by atoms with van der Waals surface area (Å²) in [5, 5.41) is 9.51. The number of hydrogen-bond donors (Lipinski definition) is 1. The molecule has 1 unspecified atom stereocenters. The number of ether oxygens (including phenoxy) is 2. The van der Waals surface area contributed by atoms with Crippen molar-refractivity contribution >= 4 is 11.9 Å². The lowest BCUT2D eigenvalue weighted by molar-refractivity contribution is -0.161. The second-order valence-corrected chi connectivity index (χ2v) is 11.9. The smallest absolute Gasteiger partial charge is 0.306 e. The highest BCUT2D eigenvalue weighted by Crippen LogP contribution is 2.12. The van der Waals surface area contributed by atoms with Gasteiger partial charge in [0.1, 0.15) is 6.61 Å².